The maximum absolute atomic E-state index is 12.3. The summed E-state index contributed by atoms with van der Waals surface area (Å²) in [6.07, 6.45) is -0.0558. The minimum Gasteiger partial charge on any atom is -0.489 e. The van der Waals surface area contributed by atoms with Gasteiger partial charge in [0, 0.05) is 5.02 Å². The molecular weight excluding hydrogens is 376 g/mol. The summed E-state index contributed by atoms with van der Waals surface area (Å²) in [5.74, 6) is 0.0195. The van der Waals surface area contributed by atoms with Gasteiger partial charge in [-0.2, -0.15) is 0 Å². The van der Waals surface area contributed by atoms with E-state index in [1.807, 2.05) is 13.8 Å². The lowest BCUT2D eigenvalue weighted by molar-refractivity contribution is -0.115. The third-order valence-corrected chi connectivity index (χ3v) is 5.21. The molecular formula is C18H21ClN2O4S. The van der Waals surface area contributed by atoms with Crippen molar-refractivity contribution in [1.82, 2.24) is 4.72 Å². The quantitative estimate of drug-likeness (QED) is 0.751. The second-order valence-electron chi connectivity index (χ2n) is 5.95. The van der Waals surface area contributed by atoms with E-state index in [1.54, 1.807) is 31.2 Å². The number of para-hydroxylation sites is 2. The standard InChI is InChI=1S/C18H21ClN2O4S/c1-12(2)25-17-7-5-4-6-16(17)21-18(22)11-20-26(23,24)14-8-9-15(19)13(3)10-14/h4-10,12,20H,11H2,1-3H3,(H,21,22). The first kappa shape index (κ1) is 20.2. The summed E-state index contributed by atoms with van der Waals surface area (Å²) >= 11 is 5.91. The third kappa shape index (κ3) is 5.45. The number of benzene rings is 2. The van der Waals surface area contributed by atoms with Gasteiger partial charge in [-0.1, -0.05) is 23.7 Å². The molecule has 2 N–H and O–H groups in total. The Morgan fingerprint density at radius 2 is 1.88 bits per heavy atom. The van der Waals surface area contributed by atoms with Crippen molar-refractivity contribution in [3.8, 4) is 5.75 Å². The minimum absolute atomic E-state index is 0.0516. The van der Waals surface area contributed by atoms with Crippen LogP contribution < -0.4 is 14.8 Å². The predicted molar refractivity (Wildman–Crippen MR) is 102 cm³/mol. The lowest BCUT2D eigenvalue weighted by Crippen LogP contribution is -2.33. The van der Waals surface area contributed by atoms with Crippen LogP contribution in [0.2, 0.25) is 5.02 Å². The van der Waals surface area contributed by atoms with E-state index in [4.69, 9.17) is 16.3 Å². The van der Waals surface area contributed by atoms with Gasteiger partial charge in [0.1, 0.15) is 5.75 Å². The van der Waals surface area contributed by atoms with Crippen LogP contribution in [-0.2, 0) is 14.8 Å². The van der Waals surface area contributed by atoms with Crippen molar-refractivity contribution < 1.29 is 17.9 Å². The van der Waals surface area contributed by atoms with Gasteiger partial charge in [0.25, 0.3) is 0 Å². The van der Waals surface area contributed by atoms with Crippen LogP contribution in [0.3, 0.4) is 0 Å². The van der Waals surface area contributed by atoms with E-state index >= 15 is 0 Å². The van der Waals surface area contributed by atoms with Crippen molar-refractivity contribution in [2.24, 2.45) is 0 Å². The number of rotatable bonds is 7. The van der Waals surface area contributed by atoms with Crippen molar-refractivity contribution in [3.63, 3.8) is 0 Å². The summed E-state index contributed by atoms with van der Waals surface area (Å²) in [5.41, 5.74) is 1.12. The zero-order valence-corrected chi connectivity index (χ0v) is 16.3. The first-order valence-corrected chi connectivity index (χ1v) is 9.86. The summed E-state index contributed by atoms with van der Waals surface area (Å²) in [5, 5.41) is 3.12. The summed E-state index contributed by atoms with van der Waals surface area (Å²) in [6, 6.07) is 11.3. The van der Waals surface area contributed by atoms with Crippen LogP contribution in [0.1, 0.15) is 19.4 Å². The fourth-order valence-corrected chi connectivity index (χ4v) is 3.33. The molecule has 0 bridgehead atoms. The van der Waals surface area contributed by atoms with Crippen LogP contribution in [0, 0.1) is 6.92 Å². The van der Waals surface area contributed by atoms with Crippen LogP contribution in [0.4, 0.5) is 5.69 Å². The van der Waals surface area contributed by atoms with Crippen molar-refractivity contribution in [2.75, 3.05) is 11.9 Å². The number of halogens is 1. The van der Waals surface area contributed by atoms with Gasteiger partial charge in [0.05, 0.1) is 23.2 Å². The van der Waals surface area contributed by atoms with Gasteiger partial charge in [0.15, 0.2) is 0 Å². The number of hydrogen-bond acceptors (Lipinski definition) is 4. The second kappa shape index (κ2) is 8.53. The molecule has 0 atom stereocenters. The van der Waals surface area contributed by atoms with E-state index in [1.165, 1.54) is 18.2 Å². The topological polar surface area (TPSA) is 84.5 Å². The van der Waals surface area contributed by atoms with Crippen molar-refractivity contribution in [1.29, 1.82) is 0 Å². The van der Waals surface area contributed by atoms with Crippen molar-refractivity contribution >= 4 is 33.2 Å². The Balaban J connectivity index is 2.03. The second-order valence-corrected chi connectivity index (χ2v) is 8.12. The smallest absolute Gasteiger partial charge is 0.241 e. The first-order valence-electron chi connectivity index (χ1n) is 8.00. The molecule has 2 aromatic carbocycles. The molecule has 0 aromatic heterocycles. The maximum atomic E-state index is 12.3. The molecule has 0 saturated carbocycles. The lowest BCUT2D eigenvalue weighted by Gasteiger charge is -2.15. The Kier molecular flexibility index (Phi) is 6.63. The van der Waals surface area contributed by atoms with Crippen LogP contribution in [0.5, 0.6) is 5.75 Å². The van der Waals surface area contributed by atoms with Gasteiger partial charge in [0.2, 0.25) is 15.9 Å². The number of carbonyl (C=O) groups is 1. The molecule has 0 heterocycles. The highest BCUT2D eigenvalue weighted by Crippen LogP contribution is 2.24. The number of hydrogen-bond donors (Lipinski definition) is 2. The first-order chi connectivity index (χ1) is 12.2. The van der Waals surface area contributed by atoms with Gasteiger partial charge in [-0.25, -0.2) is 13.1 Å². The van der Waals surface area contributed by atoms with Crippen molar-refractivity contribution in [3.05, 3.63) is 53.1 Å². The molecule has 0 spiro atoms. The molecule has 2 rings (SSSR count). The molecule has 0 aliphatic heterocycles. The monoisotopic (exact) mass is 396 g/mol. The summed E-state index contributed by atoms with van der Waals surface area (Å²) in [4.78, 5) is 12.2. The van der Waals surface area contributed by atoms with Crippen LogP contribution in [-0.4, -0.2) is 27.0 Å². The van der Waals surface area contributed by atoms with E-state index in [9.17, 15) is 13.2 Å². The molecule has 0 radical (unpaired) electrons. The largest absolute Gasteiger partial charge is 0.489 e. The molecule has 26 heavy (non-hydrogen) atoms. The zero-order chi connectivity index (χ0) is 19.3. The Bertz CT molecular complexity index is 898. The summed E-state index contributed by atoms with van der Waals surface area (Å²) in [6.45, 7) is 5.06. The molecule has 0 fully saturated rings. The number of carbonyl (C=O) groups excluding carboxylic acids is 1. The highest BCUT2D eigenvalue weighted by Gasteiger charge is 2.17. The van der Waals surface area contributed by atoms with Crippen LogP contribution in [0.15, 0.2) is 47.4 Å². The van der Waals surface area contributed by atoms with E-state index in [0.717, 1.165) is 0 Å². The molecule has 0 saturated heterocycles. The number of amides is 1. The van der Waals surface area contributed by atoms with Crippen LogP contribution >= 0.6 is 11.6 Å². The number of aryl methyl sites for hydroxylation is 1. The molecule has 0 unspecified atom stereocenters. The molecule has 0 aliphatic rings. The Morgan fingerprint density at radius 3 is 2.54 bits per heavy atom. The van der Waals surface area contributed by atoms with Gasteiger partial charge >= 0.3 is 0 Å². The molecule has 140 valence electrons. The van der Waals surface area contributed by atoms with Gasteiger partial charge < -0.3 is 10.1 Å². The minimum atomic E-state index is -3.82. The number of ether oxygens (including phenoxy) is 1. The molecule has 2 aromatic rings. The molecule has 8 heteroatoms. The van der Waals surface area contributed by atoms with Gasteiger partial charge in [-0.15, -0.1) is 0 Å². The Labute approximate surface area is 158 Å². The fourth-order valence-electron chi connectivity index (χ4n) is 2.15. The molecule has 1 amide bonds. The third-order valence-electron chi connectivity index (χ3n) is 3.39. The zero-order valence-electron chi connectivity index (χ0n) is 14.7. The Morgan fingerprint density at radius 1 is 1.19 bits per heavy atom. The number of nitrogens with one attached hydrogen (secondary N) is 2. The van der Waals surface area contributed by atoms with Gasteiger partial charge in [-0.05, 0) is 56.7 Å². The predicted octanol–water partition coefficient (Wildman–Crippen LogP) is 3.35. The molecule has 0 aliphatic carbocycles. The van der Waals surface area contributed by atoms with Crippen molar-refractivity contribution in [2.45, 2.75) is 31.8 Å². The van der Waals surface area contributed by atoms with Crippen LogP contribution in [0.25, 0.3) is 0 Å². The SMILES string of the molecule is Cc1cc(S(=O)(=O)NCC(=O)Nc2ccccc2OC(C)C)ccc1Cl. The number of anilines is 1. The molecule has 6 nitrogen and oxygen atoms in total. The average molecular weight is 397 g/mol. The van der Waals surface area contributed by atoms with E-state index in [2.05, 4.69) is 10.0 Å². The average Bonchev–Trinajstić information content (AvgIpc) is 2.57. The van der Waals surface area contributed by atoms with Gasteiger partial charge in [-0.3, -0.25) is 4.79 Å². The summed E-state index contributed by atoms with van der Waals surface area (Å²) < 4.78 is 32.5. The highest BCUT2D eigenvalue weighted by atomic mass is 35.5. The highest BCUT2D eigenvalue weighted by molar-refractivity contribution is 7.89. The Hall–Kier alpha value is -2.09. The maximum Gasteiger partial charge on any atom is 0.241 e. The fraction of sp³-hybridized carbons (Fsp3) is 0.278. The normalized spacial score (nSPS) is 11.4. The van der Waals surface area contributed by atoms with E-state index in [0.29, 0.717) is 22.0 Å². The van der Waals surface area contributed by atoms with E-state index in [-0.39, 0.29) is 11.0 Å². The summed E-state index contributed by atoms with van der Waals surface area (Å²) in [7, 11) is -3.82. The number of sulfonamides is 1. The lowest BCUT2D eigenvalue weighted by atomic mass is 10.2. The van der Waals surface area contributed by atoms with E-state index < -0.39 is 22.5 Å².